The van der Waals surface area contributed by atoms with E-state index in [1.165, 1.54) is 0 Å². The Balaban J connectivity index is 3.54. The van der Waals surface area contributed by atoms with Gasteiger partial charge in [0.2, 0.25) is 0 Å². The minimum absolute atomic E-state index is 0.460. The standard InChI is InChI=1S/C8H6FNO6S/c1-16-8(11)6-3-2-5(10(12)13)4-7(6)17(9,14)15/h2-4H,1H3. The number of hydrogen-bond donors (Lipinski definition) is 0. The molecule has 0 heterocycles. The predicted molar refractivity (Wildman–Crippen MR) is 52.7 cm³/mol. The van der Waals surface area contributed by atoms with Crippen molar-refractivity contribution in [2.45, 2.75) is 4.90 Å². The quantitative estimate of drug-likeness (QED) is 0.349. The number of nitrogens with zero attached hydrogens (tertiary/aromatic N) is 1. The highest BCUT2D eigenvalue weighted by molar-refractivity contribution is 7.86. The summed E-state index contributed by atoms with van der Waals surface area (Å²) in [5.74, 6) is -1.10. The van der Waals surface area contributed by atoms with Crippen molar-refractivity contribution in [2.24, 2.45) is 0 Å². The summed E-state index contributed by atoms with van der Waals surface area (Å²) in [5.41, 5.74) is -1.24. The molecule has 0 atom stereocenters. The molecule has 0 saturated heterocycles. The third kappa shape index (κ3) is 2.75. The number of halogens is 1. The zero-order valence-electron chi connectivity index (χ0n) is 8.41. The summed E-state index contributed by atoms with van der Waals surface area (Å²) in [6.07, 6.45) is 0. The minimum Gasteiger partial charge on any atom is -0.465 e. The van der Waals surface area contributed by atoms with Gasteiger partial charge in [-0.2, -0.15) is 8.42 Å². The first-order chi connectivity index (χ1) is 7.77. The maximum Gasteiger partial charge on any atom is 0.339 e. The number of carbonyl (C=O) groups is 1. The molecule has 0 amide bonds. The van der Waals surface area contributed by atoms with Gasteiger partial charge in [-0.3, -0.25) is 10.1 Å². The van der Waals surface area contributed by atoms with Crippen molar-refractivity contribution >= 4 is 21.9 Å². The summed E-state index contributed by atoms with van der Waals surface area (Å²) in [6.45, 7) is 0. The van der Waals surface area contributed by atoms with Gasteiger partial charge >= 0.3 is 16.2 Å². The van der Waals surface area contributed by atoms with Crippen LogP contribution in [0, 0.1) is 10.1 Å². The maximum absolute atomic E-state index is 12.9. The Morgan fingerprint density at radius 3 is 2.47 bits per heavy atom. The van der Waals surface area contributed by atoms with E-state index in [1.807, 2.05) is 0 Å². The predicted octanol–water partition coefficient (Wildman–Crippen LogP) is 1.04. The van der Waals surface area contributed by atoms with Gasteiger partial charge in [-0.05, 0) is 6.07 Å². The average molecular weight is 263 g/mol. The topological polar surface area (TPSA) is 104 Å². The molecule has 0 aliphatic rings. The molecular formula is C8H6FNO6S. The molecule has 1 aromatic carbocycles. The van der Waals surface area contributed by atoms with Gasteiger partial charge in [-0.25, -0.2) is 4.79 Å². The fourth-order valence-electron chi connectivity index (χ4n) is 1.10. The van der Waals surface area contributed by atoms with E-state index < -0.39 is 37.3 Å². The van der Waals surface area contributed by atoms with Gasteiger partial charge < -0.3 is 4.74 Å². The Kier molecular flexibility index (Phi) is 3.42. The number of esters is 1. The number of methoxy groups -OCH3 is 1. The molecular weight excluding hydrogens is 257 g/mol. The smallest absolute Gasteiger partial charge is 0.339 e. The number of non-ortho nitro benzene ring substituents is 1. The Hall–Kier alpha value is -2.03. The van der Waals surface area contributed by atoms with Crippen molar-refractivity contribution in [3.63, 3.8) is 0 Å². The molecule has 0 radical (unpaired) electrons. The fourth-order valence-corrected chi connectivity index (χ4v) is 1.78. The number of rotatable bonds is 3. The summed E-state index contributed by atoms with van der Waals surface area (Å²) in [4.78, 5) is 19.6. The fraction of sp³-hybridized carbons (Fsp3) is 0.125. The van der Waals surface area contributed by atoms with E-state index in [4.69, 9.17) is 0 Å². The molecule has 17 heavy (non-hydrogen) atoms. The molecule has 0 aromatic heterocycles. The van der Waals surface area contributed by atoms with Crippen LogP contribution in [0.25, 0.3) is 0 Å². The van der Waals surface area contributed by atoms with E-state index in [9.17, 15) is 27.2 Å². The minimum atomic E-state index is -5.25. The third-order valence-corrected chi connectivity index (χ3v) is 2.71. The van der Waals surface area contributed by atoms with Crippen LogP contribution in [0.2, 0.25) is 0 Å². The van der Waals surface area contributed by atoms with Gasteiger partial charge in [0.15, 0.2) is 0 Å². The van der Waals surface area contributed by atoms with Crippen LogP contribution in [0.5, 0.6) is 0 Å². The lowest BCUT2D eigenvalue weighted by molar-refractivity contribution is -0.385. The van der Waals surface area contributed by atoms with Gasteiger partial charge in [0, 0.05) is 12.1 Å². The second kappa shape index (κ2) is 4.45. The van der Waals surface area contributed by atoms with Crippen LogP contribution in [-0.4, -0.2) is 26.4 Å². The van der Waals surface area contributed by atoms with Crippen molar-refractivity contribution in [1.82, 2.24) is 0 Å². The number of nitro benzene ring substituents is 1. The summed E-state index contributed by atoms with van der Waals surface area (Å²) in [7, 11) is -4.28. The molecule has 0 aliphatic carbocycles. The molecule has 0 bridgehead atoms. The Bertz CT molecular complexity index is 582. The van der Waals surface area contributed by atoms with Crippen LogP contribution in [-0.2, 0) is 15.0 Å². The zero-order chi connectivity index (χ0) is 13.2. The van der Waals surface area contributed by atoms with E-state index in [-0.39, 0.29) is 0 Å². The van der Waals surface area contributed by atoms with Gasteiger partial charge in [0.05, 0.1) is 17.6 Å². The Labute approximate surface area is 95.2 Å². The van der Waals surface area contributed by atoms with E-state index in [2.05, 4.69) is 4.74 Å². The van der Waals surface area contributed by atoms with Gasteiger partial charge in [0.25, 0.3) is 5.69 Å². The first-order valence-corrected chi connectivity index (χ1v) is 5.47. The SMILES string of the molecule is COC(=O)c1ccc([N+](=O)[O-])cc1S(=O)(=O)F. The van der Waals surface area contributed by atoms with E-state index in [1.54, 1.807) is 0 Å². The van der Waals surface area contributed by atoms with Crippen LogP contribution < -0.4 is 0 Å². The molecule has 0 saturated carbocycles. The van der Waals surface area contributed by atoms with E-state index >= 15 is 0 Å². The highest BCUT2D eigenvalue weighted by Crippen LogP contribution is 2.24. The molecule has 92 valence electrons. The number of nitro groups is 1. The molecule has 0 aliphatic heterocycles. The van der Waals surface area contributed by atoms with Crippen molar-refractivity contribution in [3.05, 3.63) is 33.9 Å². The number of carbonyl (C=O) groups excluding carboxylic acids is 1. The normalized spacial score (nSPS) is 10.9. The Morgan fingerprint density at radius 1 is 1.47 bits per heavy atom. The monoisotopic (exact) mass is 263 g/mol. The van der Waals surface area contributed by atoms with Crippen LogP contribution in [0.15, 0.2) is 23.1 Å². The van der Waals surface area contributed by atoms with Gasteiger partial charge in [-0.1, -0.05) is 0 Å². The molecule has 0 spiro atoms. The number of ether oxygens (including phenoxy) is 1. The Morgan fingerprint density at radius 2 is 2.06 bits per heavy atom. The van der Waals surface area contributed by atoms with Gasteiger partial charge in [0.1, 0.15) is 4.90 Å². The summed E-state index contributed by atoms with van der Waals surface area (Å²) in [5, 5.41) is 10.4. The van der Waals surface area contributed by atoms with Crippen LogP contribution >= 0.6 is 0 Å². The number of hydrogen-bond acceptors (Lipinski definition) is 6. The highest BCUT2D eigenvalue weighted by atomic mass is 32.3. The first-order valence-electron chi connectivity index (χ1n) is 4.09. The largest absolute Gasteiger partial charge is 0.465 e. The number of benzene rings is 1. The van der Waals surface area contributed by atoms with Crippen LogP contribution in [0.4, 0.5) is 9.57 Å². The molecule has 1 aromatic rings. The summed E-state index contributed by atoms with van der Waals surface area (Å²) >= 11 is 0. The average Bonchev–Trinajstić information content (AvgIpc) is 2.26. The molecule has 9 heteroatoms. The molecule has 0 unspecified atom stereocenters. The lowest BCUT2D eigenvalue weighted by Crippen LogP contribution is -2.08. The second-order valence-electron chi connectivity index (χ2n) is 2.87. The van der Waals surface area contributed by atoms with Crippen molar-refractivity contribution in [3.8, 4) is 0 Å². The molecule has 1 rings (SSSR count). The van der Waals surface area contributed by atoms with Crippen molar-refractivity contribution in [1.29, 1.82) is 0 Å². The molecule has 0 fully saturated rings. The van der Waals surface area contributed by atoms with Gasteiger partial charge in [-0.15, -0.1) is 3.89 Å². The lowest BCUT2D eigenvalue weighted by atomic mass is 10.2. The van der Waals surface area contributed by atoms with Crippen LogP contribution in [0.3, 0.4) is 0 Å². The zero-order valence-corrected chi connectivity index (χ0v) is 9.23. The summed E-state index contributed by atoms with van der Waals surface area (Å²) in [6, 6.07) is 2.15. The van der Waals surface area contributed by atoms with Crippen LogP contribution in [0.1, 0.15) is 10.4 Å². The lowest BCUT2D eigenvalue weighted by Gasteiger charge is -2.03. The third-order valence-electron chi connectivity index (χ3n) is 1.84. The highest BCUT2D eigenvalue weighted by Gasteiger charge is 2.25. The van der Waals surface area contributed by atoms with Crippen molar-refractivity contribution in [2.75, 3.05) is 7.11 Å². The first kappa shape index (κ1) is 13.0. The van der Waals surface area contributed by atoms with E-state index in [0.29, 0.717) is 6.07 Å². The summed E-state index contributed by atoms with van der Waals surface area (Å²) < 4.78 is 38.6. The molecule has 0 N–H and O–H groups in total. The van der Waals surface area contributed by atoms with E-state index in [0.717, 1.165) is 19.2 Å². The second-order valence-corrected chi connectivity index (χ2v) is 4.18. The van der Waals surface area contributed by atoms with Crippen molar-refractivity contribution < 1.29 is 26.8 Å². The maximum atomic E-state index is 12.9. The molecule has 7 nitrogen and oxygen atoms in total.